The van der Waals surface area contributed by atoms with Crippen molar-refractivity contribution in [2.45, 2.75) is 19.3 Å². The Kier molecular flexibility index (Phi) is 2.19. The summed E-state index contributed by atoms with van der Waals surface area (Å²) in [5.74, 6) is 0.546. The molecule has 0 fully saturated rings. The maximum atomic E-state index is 11.7. The highest BCUT2D eigenvalue weighted by Crippen LogP contribution is 2.42. The molecule has 0 spiro atoms. The number of aryl methyl sites for hydroxylation is 1. The molecule has 102 valence electrons. The number of nitrogen functional groups attached to an aromatic ring is 1. The number of hydrogen-bond donors (Lipinski definition) is 4. The van der Waals surface area contributed by atoms with Crippen LogP contribution < -0.4 is 17.0 Å². The van der Waals surface area contributed by atoms with E-state index in [2.05, 4.69) is 19.9 Å². The summed E-state index contributed by atoms with van der Waals surface area (Å²) < 4.78 is 0. The third kappa shape index (κ3) is 1.48. The van der Waals surface area contributed by atoms with E-state index in [4.69, 9.17) is 5.73 Å². The Morgan fingerprint density at radius 1 is 1.15 bits per heavy atom. The fraction of sp³-hybridized carbons (Fsp3) is 0.250. The van der Waals surface area contributed by atoms with E-state index in [9.17, 15) is 9.59 Å². The maximum absolute atomic E-state index is 11.7. The van der Waals surface area contributed by atoms with Crippen LogP contribution in [0.4, 0.5) is 5.00 Å². The van der Waals surface area contributed by atoms with Crippen LogP contribution in [0.3, 0.4) is 0 Å². The number of anilines is 1. The van der Waals surface area contributed by atoms with E-state index in [1.54, 1.807) is 11.3 Å². The lowest BCUT2D eigenvalue weighted by molar-refractivity contribution is 0.915. The minimum absolute atomic E-state index is 0.256. The van der Waals surface area contributed by atoms with E-state index >= 15 is 0 Å². The number of nitrogens with one attached hydrogen (secondary N) is 3. The van der Waals surface area contributed by atoms with Gasteiger partial charge in [0.15, 0.2) is 5.65 Å². The molecule has 0 radical (unpaired) electrons. The number of H-pyrrole nitrogens is 3. The van der Waals surface area contributed by atoms with Gasteiger partial charge in [0.05, 0.1) is 10.6 Å². The van der Waals surface area contributed by atoms with Gasteiger partial charge in [-0.3, -0.25) is 14.8 Å². The molecule has 7 nitrogen and oxygen atoms in total. The molecule has 0 atom stereocenters. The van der Waals surface area contributed by atoms with Crippen LogP contribution in [0.2, 0.25) is 0 Å². The second-order valence-corrected chi connectivity index (χ2v) is 5.95. The molecule has 4 rings (SSSR count). The normalized spacial score (nSPS) is 14.0. The first kappa shape index (κ1) is 11.5. The summed E-state index contributed by atoms with van der Waals surface area (Å²) in [6, 6.07) is 0. The molecule has 0 aliphatic heterocycles. The predicted octanol–water partition coefficient (Wildman–Crippen LogP) is 0.739. The summed E-state index contributed by atoms with van der Waals surface area (Å²) in [6.45, 7) is 0. The van der Waals surface area contributed by atoms with E-state index in [1.165, 1.54) is 10.4 Å². The van der Waals surface area contributed by atoms with Gasteiger partial charge in [0.25, 0.3) is 5.56 Å². The molecule has 0 unspecified atom stereocenters. The van der Waals surface area contributed by atoms with Gasteiger partial charge in [-0.1, -0.05) is 0 Å². The smallest absolute Gasteiger partial charge is 0.327 e. The van der Waals surface area contributed by atoms with E-state index in [1.807, 2.05) is 0 Å². The van der Waals surface area contributed by atoms with E-state index in [0.29, 0.717) is 10.8 Å². The third-order valence-corrected chi connectivity index (χ3v) is 4.70. The second-order valence-electron chi connectivity index (χ2n) is 4.81. The van der Waals surface area contributed by atoms with Gasteiger partial charge in [0.1, 0.15) is 11.3 Å². The predicted molar refractivity (Wildman–Crippen MR) is 77.1 cm³/mol. The minimum Gasteiger partial charge on any atom is -0.390 e. The summed E-state index contributed by atoms with van der Waals surface area (Å²) in [4.78, 5) is 36.2. The van der Waals surface area contributed by atoms with Gasteiger partial charge >= 0.3 is 5.69 Å². The quantitative estimate of drug-likeness (QED) is 0.528. The second kappa shape index (κ2) is 3.83. The molecule has 0 saturated heterocycles. The van der Waals surface area contributed by atoms with Gasteiger partial charge in [-0.25, -0.2) is 9.78 Å². The van der Waals surface area contributed by atoms with Gasteiger partial charge in [-0.2, -0.15) is 0 Å². The van der Waals surface area contributed by atoms with Gasteiger partial charge in [0, 0.05) is 4.88 Å². The monoisotopic (exact) mass is 289 g/mol. The number of nitrogens with zero attached hydrogens (tertiary/aromatic N) is 1. The van der Waals surface area contributed by atoms with Crippen LogP contribution in [0.25, 0.3) is 22.6 Å². The highest BCUT2D eigenvalue weighted by atomic mass is 32.1. The summed E-state index contributed by atoms with van der Waals surface area (Å²) >= 11 is 1.58. The Morgan fingerprint density at radius 2 is 2.00 bits per heavy atom. The fourth-order valence-electron chi connectivity index (χ4n) is 2.74. The Bertz CT molecular complexity index is 945. The molecule has 8 heteroatoms. The number of thiophene rings is 1. The molecule has 5 N–H and O–H groups in total. The number of rotatable bonds is 1. The molecule has 0 amide bonds. The van der Waals surface area contributed by atoms with Crippen molar-refractivity contribution in [2.75, 3.05) is 5.73 Å². The Labute approximate surface area is 115 Å². The minimum atomic E-state index is -0.566. The van der Waals surface area contributed by atoms with E-state index in [0.717, 1.165) is 24.8 Å². The number of imidazole rings is 1. The average molecular weight is 289 g/mol. The van der Waals surface area contributed by atoms with Gasteiger partial charge in [0.2, 0.25) is 0 Å². The molecule has 3 aromatic rings. The first-order chi connectivity index (χ1) is 9.63. The van der Waals surface area contributed by atoms with Gasteiger partial charge in [-0.15, -0.1) is 11.3 Å². The Morgan fingerprint density at radius 3 is 2.85 bits per heavy atom. The van der Waals surface area contributed by atoms with Crippen molar-refractivity contribution in [2.24, 2.45) is 0 Å². The Balaban J connectivity index is 2.02. The lowest BCUT2D eigenvalue weighted by Gasteiger charge is -1.98. The van der Waals surface area contributed by atoms with Crippen molar-refractivity contribution in [3.63, 3.8) is 0 Å². The molecule has 3 aromatic heterocycles. The summed E-state index contributed by atoms with van der Waals surface area (Å²) in [5.41, 5.74) is 7.63. The van der Waals surface area contributed by atoms with Crippen molar-refractivity contribution in [3.8, 4) is 11.4 Å². The van der Waals surface area contributed by atoms with Crippen molar-refractivity contribution in [1.82, 2.24) is 19.9 Å². The van der Waals surface area contributed by atoms with Gasteiger partial charge in [-0.05, 0) is 24.8 Å². The largest absolute Gasteiger partial charge is 0.390 e. The van der Waals surface area contributed by atoms with Crippen LogP contribution in [-0.4, -0.2) is 19.9 Å². The molecule has 0 bridgehead atoms. The zero-order chi connectivity index (χ0) is 13.9. The van der Waals surface area contributed by atoms with Crippen LogP contribution in [0.1, 0.15) is 16.9 Å². The summed E-state index contributed by atoms with van der Waals surface area (Å²) in [7, 11) is 0. The van der Waals surface area contributed by atoms with E-state index < -0.39 is 11.2 Å². The molecule has 3 heterocycles. The standard InChI is InChI=1S/C12H11N5O2S/c13-8-6(4-2-1-3-5(4)20-8)9-14-7-10(15-9)16-12(19)17-11(7)18/h1-3,13H2,(H3,14,15,16,17,18,19). The average Bonchev–Trinajstić information content (AvgIpc) is 3.02. The van der Waals surface area contributed by atoms with Crippen molar-refractivity contribution >= 4 is 27.5 Å². The van der Waals surface area contributed by atoms with Crippen LogP contribution in [0.15, 0.2) is 9.59 Å². The van der Waals surface area contributed by atoms with E-state index in [-0.39, 0.29) is 11.2 Å². The highest BCUT2D eigenvalue weighted by molar-refractivity contribution is 7.16. The number of aromatic nitrogens is 4. The van der Waals surface area contributed by atoms with Crippen LogP contribution in [-0.2, 0) is 12.8 Å². The third-order valence-electron chi connectivity index (χ3n) is 3.58. The number of fused-ring (bicyclic) bond motifs is 2. The van der Waals surface area contributed by atoms with Gasteiger partial charge < -0.3 is 10.7 Å². The molecule has 1 aliphatic carbocycles. The molecule has 20 heavy (non-hydrogen) atoms. The SMILES string of the molecule is Nc1sc2c(c1-c1nc3[nH]c(=O)[nH]c(=O)c3[nH]1)CCC2. The first-order valence-electron chi connectivity index (χ1n) is 6.26. The zero-order valence-electron chi connectivity index (χ0n) is 10.4. The topological polar surface area (TPSA) is 120 Å². The fourth-order valence-corrected chi connectivity index (χ4v) is 3.90. The summed E-state index contributed by atoms with van der Waals surface area (Å²) in [6.07, 6.45) is 3.14. The zero-order valence-corrected chi connectivity index (χ0v) is 11.2. The lowest BCUT2D eigenvalue weighted by Crippen LogP contribution is -2.21. The molecule has 1 aliphatic rings. The molecular formula is C12H11N5O2S. The van der Waals surface area contributed by atoms with Crippen molar-refractivity contribution < 1.29 is 0 Å². The first-order valence-corrected chi connectivity index (χ1v) is 7.08. The molecular weight excluding hydrogens is 278 g/mol. The van der Waals surface area contributed by atoms with Crippen LogP contribution in [0.5, 0.6) is 0 Å². The highest BCUT2D eigenvalue weighted by Gasteiger charge is 2.24. The maximum Gasteiger partial charge on any atom is 0.327 e. The van der Waals surface area contributed by atoms with Crippen molar-refractivity contribution in [3.05, 3.63) is 31.3 Å². The number of hydrogen-bond acceptors (Lipinski definition) is 5. The summed E-state index contributed by atoms with van der Waals surface area (Å²) in [5, 5.41) is 0.701. The molecule has 0 saturated carbocycles. The number of aromatic amines is 3. The Hall–Kier alpha value is -2.35. The van der Waals surface area contributed by atoms with Crippen LogP contribution in [0, 0.1) is 0 Å². The van der Waals surface area contributed by atoms with Crippen LogP contribution >= 0.6 is 11.3 Å². The lowest BCUT2D eigenvalue weighted by atomic mass is 10.1. The molecule has 0 aromatic carbocycles. The number of nitrogens with two attached hydrogens (primary N) is 1. The van der Waals surface area contributed by atoms with Crippen molar-refractivity contribution in [1.29, 1.82) is 0 Å².